The van der Waals surface area contributed by atoms with Gasteiger partial charge in [0.15, 0.2) is 5.76 Å². The Morgan fingerprint density at radius 3 is 2.80 bits per heavy atom. The third-order valence-electron chi connectivity index (χ3n) is 5.85. The van der Waals surface area contributed by atoms with Crippen molar-refractivity contribution in [2.45, 2.75) is 57.2 Å². The molecule has 30 heavy (non-hydrogen) atoms. The molecule has 8 heteroatoms. The predicted molar refractivity (Wildman–Crippen MR) is 112 cm³/mol. The molecule has 3 atom stereocenters. The third kappa shape index (κ3) is 4.07. The van der Waals surface area contributed by atoms with Gasteiger partial charge in [-0.25, -0.2) is 0 Å². The lowest BCUT2D eigenvalue weighted by Gasteiger charge is -2.47. The quantitative estimate of drug-likeness (QED) is 0.777. The standard InChI is InChI=1S/C22H24ClN3O4/c1-13-8-9-14(11-15(13)23)24-20(27)12-18-21(28)25-16-5-2-3-6-17(16)26(18)22(29)19-7-4-10-30-19/h4,7-11,16-18H,2-3,5-6,12H2,1H3,(H,24,27)(H,25,28). The van der Waals surface area contributed by atoms with Gasteiger partial charge in [0.05, 0.1) is 18.7 Å². The molecule has 3 amide bonds. The number of furan rings is 1. The Morgan fingerprint density at radius 2 is 2.07 bits per heavy atom. The van der Waals surface area contributed by atoms with Crippen LogP contribution in [0.1, 0.15) is 48.2 Å². The SMILES string of the molecule is Cc1ccc(NC(=O)CC2C(=O)NC3CCCCC3N2C(=O)c2ccco2)cc1Cl. The monoisotopic (exact) mass is 429 g/mol. The van der Waals surface area contributed by atoms with Crippen molar-refractivity contribution in [3.05, 3.63) is 52.9 Å². The molecule has 2 fully saturated rings. The van der Waals surface area contributed by atoms with E-state index in [4.69, 9.17) is 16.0 Å². The van der Waals surface area contributed by atoms with E-state index in [9.17, 15) is 14.4 Å². The molecule has 0 bridgehead atoms. The van der Waals surface area contributed by atoms with Crippen LogP contribution in [0.3, 0.4) is 0 Å². The highest BCUT2D eigenvalue weighted by molar-refractivity contribution is 6.31. The van der Waals surface area contributed by atoms with Crippen LogP contribution in [-0.4, -0.2) is 40.7 Å². The van der Waals surface area contributed by atoms with E-state index in [1.807, 2.05) is 13.0 Å². The molecule has 4 rings (SSSR count). The molecule has 158 valence electrons. The van der Waals surface area contributed by atoms with Crippen LogP contribution in [0.5, 0.6) is 0 Å². The minimum atomic E-state index is -0.900. The van der Waals surface area contributed by atoms with Crippen molar-refractivity contribution in [1.82, 2.24) is 10.2 Å². The Hall–Kier alpha value is -2.80. The highest BCUT2D eigenvalue weighted by Crippen LogP contribution is 2.31. The van der Waals surface area contributed by atoms with Gasteiger partial charge in [-0.15, -0.1) is 0 Å². The van der Waals surface area contributed by atoms with E-state index < -0.39 is 6.04 Å². The topological polar surface area (TPSA) is 91.7 Å². The fourth-order valence-corrected chi connectivity index (χ4v) is 4.50. The summed E-state index contributed by atoms with van der Waals surface area (Å²) in [5.41, 5.74) is 1.45. The number of piperazine rings is 1. The molecule has 1 aromatic heterocycles. The van der Waals surface area contributed by atoms with E-state index >= 15 is 0 Å². The number of nitrogens with zero attached hydrogens (tertiary/aromatic N) is 1. The van der Waals surface area contributed by atoms with E-state index in [0.717, 1.165) is 31.2 Å². The minimum Gasteiger partial charge on any atom is -0.459 e. The molecule has 2 N–H and O–H groups in total. The summed E-state index contributed by atoms with van der Waals surface area (Å²) in [5.74, 6) is -0.857. The molecule has 2 heterocycles. The second-order valence-electron chi connectivity index (χ2n) is 7.89. The van der Waals surface area contributed by atoms with Crippen molar-refractivity contribution in [3.8, 4) is 0 Å². The van der Waals surface area contributed by atoms with Crippen LogP contribution >= 0.6 is 11.6 Å². The van der Waals surface area contributed by atoms with Crippen LogP contribution in [0.15, 0.2) is 41.0 Å². The van der Waals surface area contributed by atoms with Gasteiger partial charge in [0.1, 0.15) is 6.04 Å². The van der Waals surface area contributed by atoms with Crippen LogP contribution in [0.2, 0.25) is 5.02 Å². The predicted octanol–water partition coefficient (Wildman–Crippen LogP) is 3.52. The van der Waals surface area contributed by atoms with E-state index in [-0.39, 0.29) is 42.0 Å². The van der Waals surface area contributed by atoms with E-state index in [0.29, 0.717) is 10.7 Å². The number of hydrogen-bond acceptors (Lipinski definition) is 4. The number of anilines is 1. The smallest absolute Gasteiger partial charge is 0.290 e. The van der Waals surface area contributed by atoms with Gasteiger partial charge >= 0.3 is 0 Å². The number of nitrogens with one attached hydrogen (secondary N) is 2. The van der Waals surface area contributed by atoms with E-state index in [1.54, 1.807) is 29.2 Å². The average Bonchev–Trinajstić information content (AvgIpc) is 3.26. The molecule has 1 saturated heterocycles. The van der Waals surface area contributed by atoms with E-state index in [1.165, 1.54) is 6.26 Å². The molecule has 2 aromatic rings. The van der Waals surface area contributed by atoms with Gasteiger partial charge < -0.3 is 20.0 Å². The van der Waals surface area contributed by atoms with Gasteiger partial charge in [0.25, 0.3) is 5.91 Å². The summed E-state index contributed by atoms with van der Waals surface area (Å²) in [6.45, 7) is 1.87. The minimum absolute atomic E-state index is 0.0969. The first-order valence-corrected chi connectivity index (χ1v) is 10.5. The summed E-state index contributed by atoms with van der Waals surface area (Å²) in [4.78, 5) is 40.4. The molecule has 1 aliphatic heterocycles. The highest BCUT2D eigenvalue weighted by atomic mass is 35.5. The van der Waals surface area contributed by atoms with Gasteiger partial charge in [-0.2, -0.15) is 0 Å². The van der Waals surface area contributed by atoms with Crippen molar-refractivity contribution in [2.75, 3.05) is 5.32 Å². The number of fused-ring (bicyclic) bond motifs is 1. The second-order valence-corrected chi connectivity index (χ2v) is 8.30. The number of hydrogen-bond donors (Lipinski definition) is 2. The number of aryl methyl sites for hydroxylation is 1. The lowest BCUT2D eigenvalue weighted by atomic mass is 9.85. The molecule has 1 aromatic carbocycles. The molecule has 2 aliphatic rings. The molecule has 0 radical (unpaired) electrons. The van der Waals surface area contributed by atoms with Gasteiger partial charge in [0, 0.05) is 16.8 Å². The van der Waals surface area contributed by atoms with Gasteiger partial charge in [-0.05, 0) is 49.6 Å². The summed E-state index contributed by atoms with van der Waals surface area (Å²) in [6.07, 6.45) is 4.86. The van der Waals surface area contributed by atoms with Gasteiger partial charge in [0.2, 0.25) is 11.8 Å². The first-order chi connectivity index (χ1) is 14.4. The Labute approximate surface area is 179 Å². The lowest BCUT2D eigenvalue weighted by Crippen LogP contribution is -2.68. The summed E-state index contributed by atoms with van der Waals surface area (Å²) < 4.78 is 5.30. The largest absolute Gasteiger partial charge is 0.459 e. The van der Waals surface area contributed by atoms with E-state index in [2.05, 4.69) is 10.6 Å². The van der Waals surface area contributed by atoms with Crippen LogP contribution in [-0.2, 0) is 9.59 Å². The van der Waals surface area contributed by atoms with Crippen molar-refractivity contribution in [1.29, 1.82) is 0 Å². The molecule has 0 spiro atoms. The molecule has 1 saturated carbocycles. The average molecular weight is 430 g/mol. The second kappa shape index (κ2) is 8.52. The fourth-order valence-electron chi connectivity index (χ4n) is 4.32. The third-order valence-corrected chi connectivity index (χ3v) is 6.26. The van der Waals surface area contributed by atoms with Crippen LogP contribution < -0.4 is 10.6 Å². The lowest BCUT2D eigenvalue weighted by molar-refractivity contribution is -0.135. The Bertz CT molecular complexity index is 959. The first-order valence-electron chi connectivity index (χ1n) is 10.2. The van der Waals surface area contributed by atoms with Crippen molar-refractivity contribution < 1.29 is 18.8 Å². The number of rotatable bonds is 4. The van der Waals surface area contributed by atoms with Crippen LogP contribution in [0, 0.1) is 6.92 Å². The molecular formula is C22H24ClN3O4. The molecular weight excluding hydrogens is 406 g/mol. The zero-order valence-corrected chi connectivity index (χ0v) is 17.4. The summed E-state index contributed by atoms with van der Waals surface area (Å²) in [6, 6.07) is 7.30. The first kappa shape index (κ1) is 20.5. The zero-order valence-electron chi connectivity index (χ0n) is 16.7. The number of amides is 3. The maximum absolute atomic E-state index is 13.2. The van der Waals surface area contributed by atoms with Crippen LogP contribution in [0.4, 0.5) is 5.69 Å². The molecule has 3 unspecified atom stereocenters. The maximum Gasteiger partial charge on any atom is 0.290 e. The Balaban J connectivity index is 1.56. The van der Waals surface area contributed by atoms with Gasteiger partial charge in [-0.1, -0.05) is 30.5 Å². The summed E-state index contributed by atoms with van der Waals surface area (Å²) >= 11 is 6.13. The fraction of sp³-hybridized carbons (Fsp3) is 0.409. The zero-order chi connectivity index (χ0) is 21.3. The van der Waals surface area contributed by atoms with Crippen molar-refractivity contribution in [3.63, 3.8) is 0 Å². The van der Waals surface area contributed by atoms with Crippen molar-refractivity contribution in [2.24, 2.45) is 0 Å². The molecule has 1 aliphatic carbocycles. The summed E-state index contributed by atoms with van der Waals surface area (Å²) in [5, 5.41) is 6.34. The normalized spacial score (nSPS) is 23.5. The summed E-state index contributed by atoms with van der Waals surface area (Å²) in [7, 11) is 0. The number of halogens is 1. The number of carbonyl (C=O) groups is 3. The number of carbonyl (C=O) groups excluding carboxylic acids is 3. The van der Waals surface area contributed by atoms with Crippen molar-refractivity contribution >= 4 is 35.0 Å². The maximum atomic E-state index is 13.2. The highest BCUT2D eigenvalue weighted by Gasteiger charge is 2.46. The number of benzene rings is 1. The van der Waals surface area contributed by atoms with Gasteiger partial charge in [-0.3, -0.25) is 14.4 Å². The van der Waals surface area contributed by atoms with Crippen LogP contribution in [0.25, 0.3) is 0 Å². The Morgan fingerprint density at radius 1 is 1.27 bits per heavy atom. The Kier molecular flexibility index (Phi) is 5.81. The molecule has 7 nitrogen and oxygen atoms in total.